The second kappa shape index (κ2) is 7.70. The van der Waals surface area contributed by atoms with Crippen molar-refractivity contribution in [3.05, 3.63) is 35.9 Å². The zero-order valence-electron chi connectivity index (χ0n) is 11.9. The van der Waals surface area contributed by atoms with Crippen LogP contribution < -0.4 is 5.32 Å². The van der Waals surface area contributed by atoms with Gasteiger partial charge in [-0.25, -0.2) is 0 Å². The van der Waals surface area contributed by atoms with Crippen molar-refractivity contribution in [1.82, 2.24) is 5.32 Å². The van der Waals surface area contributed by atoms with E-state index in [1.165, 1.54) is 12.8 Å². The zero-order valence-corrected chi connectivity index (χ0v) is 12.7. The van der Waals surface area contributed by atoms with E-state index < -0.39 is 11.9 Å². The fourth-order valence-electron chi connectivity index (χ4n) is 2.82. The molecule has 1 unspecified atom stereocenters. The Kier molecular flexibility index (Phi) is 5.92. The largest absolute Gasteiger partial charge is 0.481 e. The molecule has 4 heteroatoms. The number of rotatable bonds is 6. The molecule has 0 amide bonds. The maximum absolute atomic E-state index is 11.4. The average Bonchev–Trinajstić information content (AvgIpc) is 2.49. The number of thioether (sulfide) groups is 1. The summed E-state index contributed by atoms with van der Waals surface area (Å²) in [4.78, 5) is 11.4. The second-order valence-electron chi connectivity index (χ2n) is 5.42. The number of aliphatic carboxylic acids is 1. The first-order chi connectivity index (χ1) is 9.70. The number of hydrogen-bond acceptors (Lipinski definition) is 3. The molecule has 0 aliphatic heterocycles. The van der Waals surface area contributed by atoms with Gasteiger partial charge in [0.25, 0.3) is 0 Å². The molecule has 0 radical (unpaired) electrons. The van der Waals surface area contributed by atoms with Gasteiger partial charge in [-0.1, -0.05) is 30.3 Å². The highest BCUT2D eigenvalue weighted by atomic mass is 32.2. The number of benzene rings is 1. The van der Waals surface area contributed by atoms with Crippen molar-refractivity contribution in [2.24, 2.45) is 0 Å². The maximum atomic E-state index is 11.4. The third-order valence-electron chi connectivity index (χ3n) is 4.12. The molecule has 0 aromatic heterocycles. The molecular weight excluding hydrogens is 270 g/mol. The van der Waals surface area contributed by atoms with E-state index in [0.29, 0.717) is 12.6 Å². The van der Waals surface area contributed by atoms with Crippen LogP contribution >= 0.6 is 11.8 Å². The smallest absolute Gasteiger partial charge is 0.312 e. The first kappa shape index (κ1) is 15.4. The van der Waals surface area contributed by atoms with Gasteiger partial charge in [-0.05, 0) is 37.5 Å². The number of nitrogens with one attached hydrogen (secondary N) is 1. The van der Waals surface area contributed by atoms with Crippen LogP contribution in [0.5, 0.6) is 0 Å². The SMILES string of the molecule is CSC1CCC(NCC(C(=O)O)c2ccccc2)CC1. The lowest BCUT2D eigenvalue weighted by atomic mass is 9.93. The first-order valence-corrected chi connectivity index (χ1v) is 8.53. The topological polar surface area (TPSA) is 49.3 Å². The van der Waals surface area contributed by atoms with E-state index in [1.807, 2.05) is 42.1 Å². The molecule has 0 heterocycles. The van der Waals surface area contributed by atoms with Crippen molar-refractivity contribution in [3.8, 4) is 0 Å². The van der Waals surface area contributed by atoms with Crippen LogP contribution in [0.1, 0.15) is 37.2 Å². The Morgan fingerprint density at radius 1 is 1.30 bits per heavy atom. The highest BCUT2D eigenvalue weighted by Crippen LogP contribution is 2.27. The third kappa shape index (κ3) is 4.25. The molecular formula is C16H23NO2S. The van der Waals surface area contributed by atoms with Gasteiger partial charge in [-0.15, -0.1) is 0 Å². The fraction of sp³-hybridized carbons (Fsp3) is 0.562. The van der Waals surface area contributed by atoms with Gasteiger partial charge in [0.15, 0.2) is 0 Å². The van der Waals surface area contributed by atoms with Gasteiger partial charge >= 0.3 is 5.97 Å². The Balaban J connectivity index is 1.86. The van der Waals surface area contributed by atoms with Crippen molar-refractivity contribution in [3.63, 3.8) is 0 Å². The van der Waals surface area contributed by atoms with E-state index in [1.54, 1.807) is 0 Å². The minimum Gasteiger partial charge on any atom is -0.481 e. The van der Waals surface area contributed by atoms with Crippen LogP contribution in [0.3, 0.4) is 0 Å². The van der Waals surface area contributed by atoms with Gasteiger partial charge in [0.05, 0.1) is 5.92 Å². The minimum atomic E-state index is -0.749. The van der Waals surface area contributed by atoms with Crippen molar-refractivity contribution < 1.29 is 9.90 Å². The predicted octanol–water partition coefficient (Wildman–Crippen LogP) is 3.12. The molecule has 110 valence electrons. The number of hydrogen-bond donors (Lipinski definition) is 2. The molecule has 1 atom stereocenters. The van der Waals surface area contributed by atoms with Gasteiger partial charge < -0.3 is 10.4 Å². The lowest BCUT2D eigenvalue weighted by molar-refractivity contribution is -0.138. The normalized spacial score (nSPS) is 24.2. The monoisotopic (exact) mass is 293 g/mol. The summed E-state index contributed by atoms with van der Waals surface area (Å²) in [5, 5.41) is 13.6. The molecule has 1 aromatic rings. The third-order valence-corrected chi connectivity index (χ3v) is 5.26. The van der Waals surface area contributed by atoms with E-state index in [-0.39, 0.29) is 0 Å². The summed E-state index contributed by atoms with van der Waals surface area (Å²) in [7, 11) is 0. The molecule has 0 bridgehead atoms. The molecule has 0 saturated heterocycles. The second-order valence-corrected chi connectivity index (χ2v) is 6.56. The van der Waals surface area contributed by atoms with E-state index in [9.17, 15) is 9.90 Å². The summed E-state index contributed by atoms with van der Waals surface area (Å²) < 4.78 is 0. The molecule has 1 saturated carbocycles. The molecule has 3 nitrogen and oxygen atoms in total. The van der Waals surface area contributed by atoms with Gasteiger partial charge in [0.1, 0.15) is 0 Å². The molecule has 2 N–H and O–H groups in total. The highest BCUT2D eigenvalue weighted by molar-refractivity contribution is 7.99. The molecule has 0 spiro atoms. The number of carboxylic acids is 1. The fourth-order valence-corrected chi connectivity index (χ4v) is 3.56. The van der Waals surface area contributed by atoms with Crippen LogP contribution in [0.2, 0.25) is 0 Å². The van der Waals surface area contributed by atoms with E-state index in [2.05, 4.69) is 11.6 Å². The lowest BCUT2D eigenvalue weighted by Gasteiger charge is -2.29. The van der Waals surface area contributed by atoms with Crippen LogP contribution in [-0.2, 0) is 4.79 Å². The van der Waals surface area contributed by atoms with Crippen molar-refractivity contribution >= 4 is 17.7 Å². The van der Waals surface area contributed by atoms with Crippen LogP contribution in [0.15, 0.2) is 30.3 Å². The van der Waals surface area contributed by atoms with Gasteiger partial charge in [-0.2, -0.15) is 11.8 Å². The Hall–Kier alpha value is -1.00. The van der Waals surface area contributed by atoms with E-state index in [4.69, 9.17) is 0 Å². The molecule has 1 aliphatic carbocycles. The Bertz CT molecular complexity index is 416. The van der Waals surface area contributed by atoms with Gasteiger partial charge in [0, 0.05) is 17.8 Å². The Morgan fingerprint density at radius 3 is 2.50 bits per heavy atom. The first-order valence-electron chi connectivity index (χ1n) is 7.24. The van der Waals surface area contributed by atoms with Crippen LogP contribution in [0.4, 0.5) is 0 Å². The van der Waals surface area contributed by atoms with Crippen molar-refractivity contribution in [1.29, 1.82) is 0 Å². The quantitative estimate of drug-likeness (QED) is 0.846. The van der Waals surface area contributed by atoms with Crippen LogP contribution in [-0.4, -0.2) is 35.2 Å². The maximum Gasteiger partial charge on any atom is 0.312 e. The highest BCUT2D eigenvalue weighted by Gasteiger charge is 2.24. The van der Waals surface area contributed by atoms with Gasteiger partial charge in [0.2, 0.25) is 0 Å². The summed E-state index contributed by atoms with van der Waals surface area (Å²) in [5.41, 5.74) is 0.880. The lowest BCUT2D eigenvalue weighted by Crippen LogP contribution is -2.38. The Morgan fingerprint density at radius 2 is 1.95 bits per heavy atom. The standard InChI is InChI=1S/C16H23NO2S/c1-20-14-9-7-13(8-10-14)17-11-15(16(18)19)12-5-3-2-4-6-12/h2-6,13-15,17H,7-11H2,1H3,(H,18,19). The summed E-state index contributed by atoms with van der Waals surface area (Å²) in [5.74, 6) is -1.20. The summed E-state index contributed by atoms with van der Waals surface area (Å²) >= 11 is 1.95. The molecule has 1 aromatic carbocycles. The molecule has 1 fully saturated rings. The average molecular weight is 293 g/mol. The zero-order chi connectivity index (χ0) is 14.4. The summed E-state index contributed by atoms with van der Waals surface area (Å²) in [6.45, 7) is 0.522. The predicted molar refractivity (Wildman–Crippen MR) is 84.4 cm³/mol. The Labute approximate surface area is 125 Å². The summed E-state index contributed by atoms with van der Waals surface area (Å²) in [6.07, 6.45) is 6.97. The summed E-state index contributed by atoms with van der Waals surface area (Å²) in [6, 6.07) is 9.98. The van der Waals surface area contributed by atoms with Crippen LogP contribution in [0.25, 0.3) is 0 Å². The van der Waals surface area contributed by atoms with Gasteiger partial charge in [-0.3, -0.25) is 4.79 Å². The van der Waals surface area contributed by atoms with E-state index >= 15 is 0 Å². The minimum absolute atomic E-state index is 0.450. The number of carboxylic acid groups (broad SMARTS) is 1. The molecule has 20 heavy (non-hydrogen) atoms. The van der Waals surface area contributed by atoms with E-state index in [0.717, 1.165) is 23.7 Å². The van der Waals surface area contributed by atoms with Crippen LogP contribution in [0, 0.1) is 0 Å². The van der Waals surface area contributed by atoms with Crippen molar-refractivity contribution in [2.45, 2.75) is 42.9 Å². The van der Waals surface area contributed by atoms with Crippen molar-refractivity contribution in [2.75, 3.05) is 12.8 Å². The number of carbonyl (C=O) groups is 1. The molecule has 2 rings (SSSR count). The molecule has 1 aliphatic rings.